The van der Waals surface area contributed by atoms with Crippen molar-refractivity contribution in [1.29, 1.82) is 0 Å². The van der Waals surface area contributed by atoms with Crippen molar-refractivity contribution in [2.75, 3.05) is 0 Å². The predicted molar refractivity (Wildman–Crippen MR) is 71.5 cm³/mol. The molecular weight excluding hydrogens is 351 g/mol. The highest BCUT2D eigenvalue weighted by molar-refractivity contribution is 9.10. The van der Waals surface area contributed by atoms with Crippen LogP contribution in [-0.4, -0.2) is 24.6 Å². The number of hydrogen-bond acceptors (Lipinski definition) is 4. The Hall–Kier alpha value is -2.03. The zero-order chi connectivity index (χ0) is 15.2. The van der Waals surface area contributed by atoms with Gasteiger partial charge in [0.2, 0.25) is 0 Å². The van der Waals surface area contributed by atoms with E-state index in [2.05, 4.69) is 36.0 Å². The largest absolute Gasteiger partial charge is 0.417 e. The van der Waals surface area contributed by atoms with Gasteiger partial charge in [-0.2, -0.15) is 27.8 Å². The van der Waals surface area contributed by atoms with Crippen LogP contribution < -0.4 is 0 Å². The molecule has 108 valence electrons. The highest BCUT2D eigenvalue weighted by Gasteiger charge is 2.31. The number of halogens is 4. The molecule has 3 rings (SSSR count). The van der Waals surface area contributed by atoms with Crippen LogP contribution in [0.4, 0.5) is 13.2 Å². The van der Waals surface area contributed by atoms with Crippen LogP contribution in [0.25, 0.3) is 17.2 Å². The van der Waals surface area contributed by atoms with E-state index in [0.29, 0.717) is 22.9 Å². The van der Waals surface area contributed by atoms with Crippen molar-refractivity contribution in [1.82, 2.24) is 24.6 Å². The molecule has 9 heteroatoms. The quantitative estimate of drug-likeness (QED) is 0.670. The summed E-state index contributed by atoms with van der Waals surface area (Å²) in [6.07, 6.45) is -2.33. The maximum Gasteiger partial charge on any atom is 0.417 e. The molecule has 0 saturated carbocycles. The maximum atomic E-state index is 12.7. The average Bonchev–Trinajstić information content (AvgIpc) is 2.84. The molecular formula is C12H7BrF3N5. The number of pyridine rings is 1. The number of rotatable bonds is 1. The molecule has 0 aromatic carbocycles. The molecule has 0 fully saturated rings. The molecule has 3 heterocycles. The molecule has 0 aliphatic carbocycles. The second-order valence-electron chi connectivity index (χ2n) is 4.31. The molecule has 0 spiro atoms. The van der Waals surface area contributed by atoms with Gasteiger partial charge in [0.15, 0.2) is 0 Å². The van der Waals surface area contributed by atoms with Crippen LogP contribution in [0, 0.1) is 6.92 Å². The standard InChI is InChI=1S/C12H7BrF3N5/c1-6-2-9(21-11(20-6)18-5-19-21)10-8(13)3-7(4-17-10)12(14,15)16/h2-5H,1H3. The van der Waals surface area contributed by atoms with Crippen molar-refractivity contribution in [3.63, 3.8) is 0 Å². The van der Waals surface area contributed by atoms with Gasteiger partial charge in [0.05, 0.1) is 11.3 Å². The van der Waals surface area contributed by atoms with Gasteiger partial charge in [-0.25, -0.2) is 4.98 Å². The van der Waals surface area contributed by atoms with Gasteiger partial charge in [-0.15, -0.1) is 0 Å². The number of aromatic nitrogens is 5. The normalized spacial score (nSPS) is 12.0. The first-order valence-electron chi connectivity index (χ1n) is 5.77. The summed E-state index contributed by atoms with van der Waals surface area (Å²) >= 11 is 3.13. The van der Waals surface area contributed by atoms with Crippen molar-refractivity contribution in [2.24, 2.45) is 0 Å². The Bertz CT molecular complexity index is 827. The molecule has 0 saturated heterocycles. The Kier molecular flexibility index (Phi) is 3.16. The minimum Gasteiger partial charge on any atom is -0.253 e. The van der Waals surface area contributed by atoms with Crippen molar-refractivity contribution in [3.8, 4) is 11.4 Å². The summed E-state index contributed by atoms with van der Waals surface area (Å²) in [5, 5.41) is 4.01. The van der Waals surface area contributed by atoms with E-state index in [1.54, 1.807) is 13.0 Å². The molecule has 5 nitrogen and oxygen atoms in total. The molecule has 0 bridgehead atoms. The lowest BCUT2D eigenvalue weighted by Crippen LogP contribution is -2.07. The van der Waals surface area contributed by atoms with Gasteiger partial charge < -0.3 is 0 Å². The second-order valence-corrected chi connectivity index (χ2v) is 5.16. The molecule has 0 unspecified atom stereocenters. The van der Waals surface area contributed by atoms with Crippen LogP contribution in [0.3, 0.4) is 0 Å². The van der Waals surface area contributed by atoms with E-state index < -0.39 is 11.7 Å². The molecule has 0 aliphatic heterocycles. The van der Waals surface area contributed by atoms with Crippen molar-refractivity contribution >= 4 is 21.7 Å². The summed E-state index contributed by atoms with van der Waals surface area (Å²) in [5.41, 5.74) is 0.692. The lowest BCUT2D eigenvalue weighted by atomic mass is 10.2. The molecule has 0 radical (unpaired) electrons. The fourth-order valence-electron chi connectivity index (χ4n) is 1.88. The summed E-state index contributed by atoms with van der Waals surface area (Å²) in [5.74, 6) is 0.360. The Morgan fingerprint density at radius 3 is 2.62 bits per heavy atom. The summed E-state index contributed by atoms with van der Waals surface area (Å²) in [7, 11) is 0. The van der Waals surface area contributed by atoms with Crippen LogP contribution in [-0.2, 0) is 6.18 Å². The van der Waals surface area contributed by atoms with Gasteiger partial charge in [0, 0.05) is 16.4 Å². The van der Waals surface area contributed by atoms with E-state index in [1.165, 1.54) is 10.8 Å². The Morgan fingerprint density at radius 1 is 1.19 bits per heavy atom. The van der Waals surface area contributed by atoms with E-state index in [4.69, 9.17) is 0 Å². The monoisotopic (exact) mass is 357 g/mol. The topological polar surface area (TPSA) is 56.0 Å². The van der Waals surface area contributed by atoms with Crippen molar-refractivity contribution < 1.29 is 13.2 Å². The fourth-order valence-corrected chi connectivity index (χ4v) is 2.43. The summed E-state index contributed by atoms with van der Waals surface area (Å²) in [4.78, 5) is 12.0. The van der Waals surface area contributed by atoms with Crippen LogP contribution in [0.1, 0.15) is 11.3 Å². The Labute approximate surface area is 125 Å². The van der Waals surface area contributed by atoms with Gasteiger partial charge in [0.25, 0.3) is 5.78 Å². The van der Waals surface area contributed by atoms with E-state index in [-0.39, 0.29) is 4.47 Å². The summed E-state index contributed by atoms with van der Waals surface area (Å²) in [6.45, 7) is 1.76. The zero-order valence-electron chi connectivity index (χ0n) is 10.6. The van der Waals surface area contributed by atoms with Gasteiger partial charge in [-0.05, 0) is 35.0 Å². The third-order valence-corrected chi connectivity index (χ3v) is 3.40. The van der Waals surface area contributed by atoms with Crippen molar-refractivity contribution in [3.05, 3.63) is 40.4 Å². The van der Waals surface area contributed by atoms with Crippen LogP contribution >= 0.6 is 15.9 Å². The molecule has 0 N–H and O–H groups in total. The lowest BCUT2D eigenvalue weighted by molar-refractivity contribution is -0.137. The summed E-state index contributed by atoms with van der Waals surface area (Å²) in [6, 6.07) is 2.67. The minimum atomic E-state index is -4.44. The van der Waals surface area contributed by atoms with Crippen LogP contribution in [0.2, 0.25) is 0 Å². The number of aryl methyl sites for hydroxylation is 1. The van der Waals surface area contributed by atoms with Gasteiger partial charge in [-0.3, -0.25) is 4.98 Å². The number of alkyl halides is 3. The number of hydrogen-bond donors (Lipinski definition) is 0. The first kappa shape index (κ1) is 13.9. The highest BCUT2D eigenvalue weighted by atomic mass is 79.9. The van der Waals surface area contributed by atoms with E-state index >= 15 is 0 Å². The van der Waals surface area contributed by atoms with Crippen molar-refractivity contribution in [2.45, 2.75) is 13.1 Å². The maximum absolute atomic E-state index is 12.7. The fraction of sp³-hybridized carbons (Fsp3) is 0.167. The zero-order valence-corrected chi connectivity index (χ0v) is 12.1. The average molecular weight is 358 g/mol. The smallest absolute Gasteiger partial charge is 0.253 e. The van der Waals surface area contributed by atoms with E-state index in [1.807, 2.05) is 0 Å². The van der Waals surface area contributed by atoms with Gasteiger partial charge in [-0.1, -0.05) is 0 Å². The van der Waals surface area contributed by atoms with Crippen LogP contribution in [0.15, 0.2) is 29.1 Å². The minimum absolute atomic E-state index is 0.222. The molecule has 0 atom stereocenters. The predicted octanol–water partition coefficient (Wildman–Crippen LogP) is 3.28. The number of fused-ring (bicyclic) bond motifs is 1. The second kappa shape index (κ2) is 4.76. The molecule has 3 aromatic heterocycles. The van der Waals surface area contributed by atoms with Gasteiger partial charge >= 0.3 is 6.18 Å². The first-order valence-corrected chi connectivity index (χ1v) is 6.56. The lowest BCUT2D eigenvalue weighted by Gasteiger charge is -2.10. The Balaban J connectivity index is 2.21. The van der Waals surface area contributed by atoms with E-state index in [0.717, 1.165) is 12.3 Å². The number of nitrogens with zero attached hydrogens (tertiary/aromatic N) is 5. The molecule has 3 aromatic rings. The molecule has 21 heavy (non-hydrogen) atoms. The third-order valence-electron chi connectivity index (χ3n) is 2.79. The molecule has 0 amide bonds. The molecule has 0 aliphatic rings. The highest BCUT2D eigenvalue weighted by Crippen LogP contribution is 2.34. The third kappa shape index (κ3) is 2.48. The van der Waals surface area contributed by atoms with Crippen LogP contribution in [0.5, 0.6) is 0 Å². The Morgan fingerprint density at radius 2 is 1.95 bits per heavy atom. The summed E-state index contributed by atoms with van der Waals surface area (Å²) < 4.78 is 39.7. The van der Waals surface area contributed by atoms with Gasteiger partial charge in [0.1, 0.15) is 12.0 Å². The SMILES string of the molecule is Cc1cc(-c2ncc(C(F)(F)F)cc2Br)n2ncnc2n1. The van der Waals surface area contributed by atoms with E-state index in [9.17, 15) is 13.2 Å². The first-order chi connectivity index (χ1) is 9.86.